The number of nitrogens with two attached hydrogens (primary N) is 1. The third-order valence-corrected chi connectivity index (χ3v) is 5.47. The van der Waals surface area contributed by atoms with Crippen LogP contribution in [0.3, 0.4) is 0 Å². The van der Waals surface area contributed by atoms with E-state index in [4.69, 9.17) is 10.7 Å². The largest absolute Gasteiger partial charge is 0.397 e. The zero-order valence-corrected chi connectivity index (χ0v) is 15.8. The highest BCUT2D eigenvalue weighted by Crippen LogP contribution is 2.32. The number of para-hydroxylation sites is 1. The Hall–Kier alpha value is -2.73. The van der Waals surface area contributed by atoms with Crippen molar-refractivity contribution in [3.63, 3.8) is 0 Å². The molecule has 2 atom stereocenters. The fourth-order valence-corrected chi connectivity index (χ4v) is 3.89. The molecule has 3 heterocycles. The monoisotopic (exact) mass is 364 g/mol. The van der Waals surface area contributed by atoms with E-state index in [1.165, 1.54) is 0 Å². The Morgan fingerprint density at radius 2 is 2.07 bits per heavy atom. The number of likely N-dealkylation sites (N-methyl/N-ethyl adjacent to an activating group) is 1. The van der Waals surface area contributed by atoms with Crippen molar-refractivity contribution < 1.29 is 0 Å². The first-order valence-electron chi connectivity index (χ1n) is 9.61. The molecule has 4 rings (SSSR count). The molecule has 6 nitrogen and oxygen atoms in total. The molecule has 6 heteroatoms. The second-order valence-electron chi connectivity index (χ2n) is 7.41. The van der Waals surface area contributed by atoms with E-state index in [9.17, 15) is 0 Å². The predicted octanol–water partition coefficient (Wildman–Crippen LogP) is 2.73. The van der Waals surface area contributed by atoms with Gasteiger partial charge in [0.15, 0.2) is 0 Å². The number of nitrogens with one attached hydrogen (secondary N) is 3. The molecule has 1 aromatic carbocycles. The van der Waals surface area contributed by atoms with Crippen LogP contribution in [0.4, 0.5) is 17.2 Å². The highest BCUT2D eigenvalue weighted by Gasteiger charge is 2.27. The van der Waals surface area contributed by atoms with Gasteiger partial charge in [-0.1, -0.05) is 24.8 Å². The van der Waals surface area contributed by atoms with Gasteiger partial charge < -0.3 is 26.6 Å². The smallest absolute Gasteiger partial charge is 0.126 e. The Labute approximate surface area is 160 Å². The van der Waals surface area contributed by atoms with Crippen LogP contribution in [0.15, 0.2) is 48.7 Å². The van der Waals surface area contributed by atoms with Gasteiger partial charge in [-0.25, -0.2) is 4.98 Å². The number of benzene rings is 1. The average Bonchev–Trinajstić information content (AvgIpc) is 3.13. The molecule has 0 amide bonds. The Morgan fingerprint density at radius 3 is 2.96 bits per heavy atom. The highest BCUT2D eigenvalue weighted by atomic mass is 15.2. The van der Waals surface area contributed by atoms with E-state index in [1.54, 1.807) is 0 Å². The molecule has 1 aromatic heterocycles. The standard InChI is InChI=1S/C21H28N6/c1-14-19-12-15(13-24-19)25-20-9-4-8-18(26-20)16-6-3-7-17(22)21(16)23-10-5-11-27(14)2/h3-4,6-9,15,19,23-24H,1,5,10-13,22H2,2H3,(H,25,26). The number of nitrogens with zero attached hydrogens (tertiary/aromatic N) is 2. The van der Waals surface area contributed by atoms with E-state index in [0.29, 0.717) is 12.1 Å². The Bertz CT molecular complexity index is 833. The minimum absolute atomic E-state index is 0.307. The summed E-state index contributed by atoms with van der Waals surface area (Å²) in [5.41, 5.74) is 11.1. The van der Waals surface area contributed by atoms with Crippen LogP contribution < -0.4 is 21.7 Å². The van der Waals surface area contributed by atoms with E-state index < -0.39 is 0 Å². The number of pyridine rings is 1. The molecule has 27 heavy (non-hydrogen) atoms. The maximum atomic E-state index is 6.27. The van der Waals surface area contributed by atoms with Gasteiger partial charge in [0, 0.05) is 50.0 Å². The summed E-state index contributed by atoms with van der Waals surface area (Å²) in [5.74, 6) is 0.891. The normalized spacial score (nSPS) is 22.9. The molecular weight excluding hydrogens is 336 g/mol. The van der Waals surface area contributed by atoms with Gasteiger partial charge in [-0.3, -0.25) is 0 Å². The van der Waals surface area contributed by atoms with E-state index in [-0.39, 0.29) is 0 Å². The topological polar surface area (TPSA) is 78.2 Å². The van der Waals surface area contributed by atoms with Gasteiger partial charge in [-0.05, 0) is 31.0 Å². The van der Waals surface area contributed by atoms with Crippen LogP contribution in [0, 0.1) is 0 Å². The summed E-state index contributed by atoms with van der Waals surface area (Å²) in [4.78, 5) is 7.11. The van der Waals surface area contributed by atoms with Gasteiger partial charge in [0.2, 0.25) is 0 Å². The van der Waals surface area contributed by atoms with E-state index in [2.05, 4.69) is 40.5 Å². The van der Waals surface area contributed by atoms with Gasteiger partial charge in [0.05, 0.1) is 17.1 Å². The molecular formula is C21H28N6. The van der Waals surface area contributed by atoms with Crippen molar-refractivity contribution in [1.82, 2.24) is 15.2 Å². The summed E-state index contributed by atoms with van der Waals surface area (Å²) in [5, 5.41) is 10.7. The lowest BCUT2D eigenvalue weighted by atomic mass is 10.1. The first kappa shape index (κ1) is 17.7. The van der Waals surface area contributed by atoms with Gasteiger partial charge >= 0.3 is 0 Å². The van der Waals surface area contributed by atoms with E-state index in [0.717, 1.165) is 66.6 Å². The molecule has 0 aliphatic carbocycles. The molecule has 0 spiro atoms. The maximum Gasteiger partial charge on any atom is 0.126 e. The number of rotatable bonds is 0. The summed E-state index contributed by atoms with van der Waals surface area (Å²) in [6, 6.07) is 12.7. The number of fused-ring (bicyclic) bond motifs is 6. The SMILES string of the molecule is C=C1C2CC(CN2)Nc2cccc(n2)-c2cccc(N)c2NCCCN1C. The van der Waals surface area contributed by atoms with E-state index in [1.807, 2.05) is 30.3 Å². The van der Waals surface area contributed by atoms with E-state index >= 15 is 0 Å². The fraction of sp³-hybridized carbons (Fsp3) is 0.381. The summed E-state index contributed by atoms with van der Waals surface area (Å²) in [6.45, 7) is 7.03. The minimum atomic E-state index is 0.307. The van der Waals surface area contributed by atoms with Gasteiger partial charge in [-0.2, -0.15) is 0 Å². The van der Waals surface area contributed by atoms with Crippen LogP contribution in [-0.2, 0) is 0 Å². The quantitative estimate of drug-likeness (QED) is 0.539. The summed E-state index contributed by atoms with van der Waals surface area (Å²) in [6.07, 6.45) is 2.02. The van der Waals surface area contributed by atoms with Crippen LogP contribution in [-0.4, -0.2) is 48.6 Å². The van der Waals surface area contributed by atoms with Crippen molar-refractivity contribution in [3.05, 3.63) is 48.7 Å². The lowest BCUT2D eigenvalue weighted by Gasteiger charge is -2.26. The van der Waals surface area contributed by atoms with Crippen molar-refractivity contribution in [2.75, 3.05) is 43.0 Å². The number of anilines is 3. The third-order valence-electron chi connectivity index (χ3n) is 5.47. The third kappa shape index (κ3) is 3.71. The summed E-state index contributed by atoms with van der Waals surface area (Å²) < 4.78 is 0. The van der Waals surface area contributed by atoms with Crippen molar-refractivity contribution in [1.29, 1.82) is 0 Å². The van der Waals surface area contributed by atoms with Crippen LogP contribution in [0.5, 0.6) is 0 Å². The number of hydrogen-bond donors (Lipinski definition) is 4. The first-order valence-corrected chi connectivity index (χ1v) is 9.61. The number of nitrogen functional groups attached to an aromatic ring is 1. The molecule has 2 unspecified atom stereocenters. The zero-order chi connectivity index (χ0) is 18.8. The van der Waals surface area contributed by atoms with Crippen LogP contribution in [0.25, 0.3) is 11.3 Å². The molecule has 0 radical (unpaired) electrons. The Kier molecular flexibility index (Phi) is 4.90. The van der Waals surface area contributed by atoms with Gasteiger partial charge in [-0.15, -0.1) is 0 Å². The molecule has 2 aliphatic rings. The molecule has 4 bridgehead atoms. The lowest BCUT2D eigenvalue weighted by Crippen LogP contribution is -2.33. The van der Waals surface area contributed by atoms with Crippen molar-refractivity contribution in [2.24, 2.45) is 0 Å². The molecule has 2 aromatic rings. The fourth-order valence-electron chi connectivity index (χ4n) is 3.89. The van der Waals surface area contributed by atoms with Crippen LogP contribution in [0.1, 0.15) is 12.8 Å². The predicted molar refractivity (Wildman–Crippen MR) is 113 cm³/mol. The summed E-state index contributed by atoms with van der Waals surface area (Å²) in [7, 11) is 2.12. The van der Waals surface area contributed by atoms with Gasteiger partial charge in [0.1, 0.15) is 5.82 Å². The number of hydrogen-bond acceptors (Lipinski definition) is 6. The van der Waals surface area contributed by atoms with Crippen molar-refractivity contribution >= 4 is 17.2 Å². The Balaban J connectivity index is 1.69. The van der Waals surface area contributed by atoms with Crippen molar-refractivity contribution in [2.45, 2.75) is 24.9 Å². The lowest BCUT2D eigenvalue weighted by molar-refractivity contribution is 0.375. The minimum Gasteiger partial charge on any atom is -0.397 e. The summed E-state index contributed by atoms with van der Waals surface area (Å²) >= 11 is 0. The maximum absolute atomic E-state index is 6.27. The second-order valence-corrected chi connectivity index (χ2v) is 7.41. The second kappa shape index (κ2) is 7.48. The average molecular weight is 364 g/mol. The molecule has 142 valence electrons. The first-order chi connectivity index (χ1) is 13.1. The molecule has 2 aliphatic heterocycles. The van der Waals surface area contributed by atoms with Gasteiger partial charge in [0.25, 0.3) is 0 Å². The van der Waals surface area contributed by atoms with Crippen LogP contribution >= 0.6 is 0 Å². The molecule has 5 N–H and O–H groups in total. The highest BCUT2D eigenvalue weighted by molar-refractivity contribution is 5.85. The number of aromatic nitrogens is 1. The zero-order valence-electron chi connectivity index (χ0n) is 15.8. The molecule has 0 saturated carbocycles. The van der Waals surface area contributed by atoms with Crippen LogP contribution in [0.2, 0.25) is 0 Å². The Morgan fingerprint density at radius 1 is 1.22 bits per heavy atom. The molecule has 1 fully saturated rings. The van der Waals surface area contributed by atoms with Crippen molar-refractivity contribution in [3.8, 4) is 11.3 Å². The molecule has 1 saturated heterocycles.